The molecule has 7 heteroatoms. The molecule has 1 aliphatic rings. The largest absolute Gasteiger partial charge is 0.490 e. The lowest BCUT2D eigenvalue weighted by molar-refractivity contribution is 0.0714. The first-order valence-electron chi connectivity index (χ1n) is 12.1. The van der Waals surface area contributed by atoms with E-state index in [0.29, 0.717) is 41.2 Å². The van der Waals surface area contributed by atoms with Gasteiger partial charge >= 0.3 is 0 Å². The van der Waals surface area contributed by atoms with Crippen LogP contribution in [-0.2, 0) is 6.54 Å². The van der Waals surface area contributed by atoms with Crippen LogP contribution in [0.4, 0.5) is 0 Å². The molecule has 0 bridgehead atoms. The lowest BCUT2D eigenvalue weighted by Gasteiger charge is -2.26. The number of hydrogen-bond acceptors (Lipinski definition) is 6. The highest BCUT2D eigenvalue weighted by Gasteiger charge is 2.43. The number of nitrogens with zero attached hydrogens (tertiary/aromatic N) is 2. The van der Waals surface area contributed by atoms with Crippen LogP contribution in [0.3, 0.4) is 0 Å². The van der Waals surface area contributed by atoms with Crippen molar-refractivity contribution in [1.29, 1.82) is 0 Å². The lowest BCUT2D eigenvalue weighted by Crippen LogP contribution is -2.29. The molecule has 1 atom stereocenters. The van der Waals surface area contributed by atoms with Gasteiger partial charge in [0.2, 0.25) is 5.76 Å². The van der Waals surface area contributed by atoms with Gasteiger partial charge < -0.3 is 18.8 Å². The van der Waals surface area contributed by atoms with Gasteiger partial charge in [-0.05, 0) is 74.2 Å². The van der Waals surface area contributed by atoms with E-state index in [1.807, 2.05) is 70.2 Å². The molecule has 1 aliphatic heterocycles. The van der Waals surface area contributed by atoms with Crippen molar-refractivity contribution in [3.63, 3.8) is 0 Å². The number of aromatic nitrogens is 1. The maximum absolute atomic E-state index is 13.9. The van der Waals surface area contributed by atoms with Crippen molar-refractivity contribution in [3.8, 4) is 11.5 Å². The summed E-state index contributed by atoms with van der Waals surface area (Å²) in [5.41, 5.74) is 3.96. The number of hydrogen-bond donors (Lipinski definition) is 0. The summed E-state index contributed by atoms with van der Waals surface area (Å²) in [6.07, 6.45) is 3.40. The molecule has 5 rings (SSSR count). The van der Waals surface area contributed by atoms with Gasteiger partial charge in [-0.15, -0.1) is 0 Å². The molecule has 3 heterocycles. The molecule has 0 fully saturated rings. The molecule has 0 saturated heterocycles. The summed E-state index contributed by atoms with van der Waals surface area (Å²) in [5.74, 6) is 0.934. The molecular formula is C29H28N2O5. The molecular weight excluding hydrogens is 456 g/mol. The number of amides is 1. The maximum atomic E-state index is 13.9. The minimum absolute atomic E-state index is 0.0835. The number of fused-ring (bicyclic) bond motifs is 2. The van der Waals surface area contributed by atoms with Crippen LogP contribution < -0.4 is 14.9 Å². The van der Waals surface area contributed by atoms with E-state index in [1.54, 1.807) is 17.3 Å². The highest BCUT2D eigenvalue weighted by Crippen LogP contribution is 2.42. The monoisotopic (exact) mass is 484 g/mol. The van der Waals surface area contributed by atoms with Crippen molar-refractivity contribution < 1.29 is 18.7 Å². The second-order valence-corrected chi connectivity index (χ2v) is 8.90. The Morgan fingerprint density at radius 1 is 1.00 bits per heavy atom. The highest BCUT2D eigenvalue weighted by molar-refractivity contribution is 5.99. The molecule has 0 N–H and O–H groups in total. The molecule has 0 aliphatic carbocycles. The molecule has 2 aromatic heterocycles. The summed E-state index contributed by atoms with van der Waals surface area (Å²) in [7, 11) is 0. The van der Waals surface area contributed by atoms with Crippen molar-refractivity contribution in [1.82, 2.24) is 9.88 Å². The fourth-order valence-corrected chi connectivity index (χ4v) is 4.91. The molecule has 7 nitrogen and oxygen atoms in total. The average Bonchev–Trinajstić information content (AvgIpc) is 3.13. The van der Waals surface area contributed by atoms with Crippen LogP contribution in [0.1, 0.15) is 58.3 Å². The van der Waals surface area contributed by atoms with Crippen LogP contribution in [0.15, 0.2) is 64.1 Å². The third-order valence-corrected chi connectivity index (χ3v) is 6.36. The predicted molar refractivity (Wildman–Crippen MR) is 137 cm³/mol. The maximum Gasteiger partial charge on any atom is 0.291 e. The summed E-state index contributed by atoms with van der Waals surface area (Å²) in [4.78, 5) is 33.5. The van der Waals surface area contributed by atoms with Crippen LogP contribution in [0.25, 0.3) is 11.0 Å². The van der Waals surface area contributed by atoms with Gasteiger partial charge in [-0.2, -0.15) is 0 Å². The van der Waals surface area contributed by atoms with E-state index in [9.17, 15) is 9.59 Å². The van der Waals surface area contributed by atoms with E-state index in [1.165, 1.54) is 0 Å². The fraction of sp³-hybridized carbons (Fsp3) is 0.276. The third kappa shape index (κ3) is 4.00. The lowest BCUT2D eigenvalue weighted by atomic mass is 9.97. The first kappa shape index (κ1) is 23.6. The van der Waals surface area contributed by atoms with Crippen LogP contribution in [0.5, 0.6) is 11.5 Å². The van der Waals surface area contributed by atoms with Crippen molar-refractivity contribution in [3.05, 3.63) is 98.7 Å². The number of carbonyl (C=O) groups excluding carboxylic acids is 1. The molecule has 0 radical (unpaired) electrons. The Balaban J connectivity index is 1.74. The van der Waals surface area contributed by atoms with Gasteiger partial charge in [0, 0.05) is 18.9 Å². The minimum Gasteiger partial charge on any atom is -0.490 e. The summed E-state index contributed by atoms with van der Waals surface area (Å²) >= 11 is 0. The van der Waals surface area contributed by atoms with Gasteiger partial charge in [0.25, 0.3) is 5.91 Å². The summed E-state index contributed by atoms with van der Waals surface area (Å²) in [5, 5.41) is 0.475. The first-order chi connectivity index (χ1) is 17.4. The van der Waals surface area contributed by atoms with E-state index < -0.39 is 6.04 Å². The number of rotatable bonds is 7. The smallest absolute Gasteiger partial charge is 0.291 e. The van der Waals surface area contributed by atoms with Crippen molar-refractivity contribution in [2.24, 2.45) is 0 Å². The zero-order valence-electron chi connectivity index (χ0n) is 20.8. The zero-order valence-corrected chi connectivity index (χ0v) is 20.8. The van der Waals surface area contributed by atoms with Gasteiger partial charge in [0.1, 0.15) is 5.58 Å². The van der Waals surface area contributed by atoms with Gasteiger partial charge in [0.05, 0.1) is 30.2 Å². The summed E-state index contributed by atoms with van der Waals surface area (Å²) in [6.45, 7) is 8.85. The molecule has 2 aromatic carbocycles. The SMILES string of the molecule is CCOc1ccc([C@H]2c3c(oc4c(C)cc(C)cc4c3=O)C(=O)N2Cc2cccnc2)cc1OCC. The van der Waals surface area contributed by atoms with Crippen LogP contribution >= 0.6 is 0 Å². The van der Waals surface area contributed by atoms with Crippen molar-refractivity contribution >= 4 is 16.9 Å². The van der Waals surface area contributed by atoms with Gasteiger partial charge in [-0.1, -0.05) is 18.2 Å². The third-order valence-electron chi connectivity index (χ3n) is 6.36. The van der Waals surface area contributed by atoms with Crippen LogP contribution in [0, 0.1) is 13.8 Å². The van der Waals surface area contributed by atoms with E-state index in [0.717, 1.165) is 22.3 Å². The molecule has 36 heavy (non-hydrogen) atoms. The molecule has 0 unspecified atom stereocenters. The van der Waals surface area contributed by atoms with Crippen LogP contribution in [0.2, 0.25) is 0 Å². The summed E-state index contributed by atoms with van der Waals surface area (Å²) < 4.78 is 17.8. The molecule has 0 saturated carbocycles. The van der Waals surface area contributed by atoms with Gasteiger partial charge in [0.15, 0.2) is 16.9 Å². The van der Waals surface area contributed by atoms with E-state index in [4.69, 9.17) is 13.9 Å². The topological polar surface area (TPSA) is 81.9 Å². The minimum atomic E-state index is -0.649. The second-order valence-electron chi connectivity index (χ2n) is 8.90. The van der Waals surface area contributed by atoms with Gasteiger partial charge in [-0.3, -0.25) is 14.6 Å². The Hall–Kier alpha value is -4.13. The van der Waals surface area contributed by atoms with Crippen molar-refractivity contribution in [2.45, 2.75) is 40.3 Å². The normalized spacial score (nSPS) is 14.8. The van der Waals surface area contributed by atoms with Crippen LogP contribution in [-0.4, -0.2) is 29.0 Å². The van der Waals surface area contributed by atoms with E-state index >= 15 is 0 Å². The Bertz CT molecular complexity index is 1510. The number of aryl methyl sites for hydroxylation is 2. The quantitative estimate of drug-likeness (QED) is 0.352. The van der Waals surface area contributed by atoms with Crippen molar-refractivity contribution in [2.75, 3.05) is 13.2 Å². The highest BCUT2D eigenvalue weighted by atomic mass is 16.5. The zero-order chi connectivity index (χ0) is 25.4. The summed E-state index contributed by atoms with van der Waals surface area (Å²) in [6, 6.07) is 12.4. The Labute approximate surface area is 209 Å². The molecule has 4 aromatic rings. The average molecular weight is 485 g/mol. The van der Waals surface area contributed by atoms with E-state index in [2.05, 4.69) is 4.98 Å². The number of carbonyl (C=O) groups is 1. The second kappa shape index (κ2) is 9.49. The standard InChI is InChI=1S/C29H28N2O5/c1-5-34-22-10-9-20(14-23(22)35-6-2)25-24-26(32)21-13-17(3)12-18(4)27(21)36-28(24)29(33)31(25)16-19-8-7-11-30-15-19/h7-15,25H,5-6,16H2,1-4H3/t25-/m0/s1. The number of pyridine rings is 1. The van der Waals surface area contributed by atoms with Gasteiger partial charge in [-0.25, -0.2) is 0 Å². The Morgan fingerprint density at radius 3 is 2.50 bits per heavy atom. The fourth-order valence-electron chi connectivity index (χ4n) is 4.91. The molecule has 1 amide bonds. The number of ether oxygens (including phenoxy) is 2. The Morgan fingerprint density at radius 2 is 1.78 bits per heavy atom. The predicted octanol–water partition coefficient (Wildman–Crippen LogP) is 5.35. The first-order valence-corrected chi connectivity index (χ1v) is 12.1. The molecule has 184 valence electrons. The Kier molecular flexibility index (Phi) is 6.22. The van der Waals surface area contributed by atoms with E-state index in [-0.39, 0.29) is 23.6 Å². The molecule has 0 spiro atoms. The number of benzene rings is 2.